The van der Waals surface area contributed by atoms with E-state index in [1.807, 2.05) is 58.0 Å². The third-order valence-corrected chi connectivity index (χ3v) is 6.16. The monoisotopic (exact) mass is 422 g/mol. The lowest BCUT2D eigenvalue weighted by molar-refractivity contribution is -0.125. The predicted molar refractivity (Wildman–Crippen MR) is 116 cm³/mol. The smallest absolute Gasteiger partial charge is 0.249 e. The number of carbonyl (C=O) groups is 1. The summed E-state index contributed by atoms with van der Waals surface area (Å²) in [7, 11) is 0. The van der Waals surface area contributed by atoms with Gasteiger partial charge in [0.15, 0.2) is 0 Å². The van der Waals surface area contributed by atoms with Gasteiger partial charge in [0.2, 0.25) is 5.91 Å². The third-order valence-electron chi connectivity index (χ3n) is 5.91. The van der Waals surface area contributed by atoms with Crippen molar-refractivity contribution in [3.8, 4) is 11.3 Å². The van der Waals surface area contributed by atoms with E-state index < -0.39 is 0 Å². The van der Waals surface area contributed by atoms with Crippen molar-refractivity contribution in [2.24, 2.45) is 0 Å². The molecule has 154 valence electrons. The van der Waals surface area contributed by atoms with Crippen LogP contribution in [-0.2, 0) is 11.3 Å². The van der Waals surface area contributed by atoms with Crippen molar-refractivity contribution >= 4 is 23.2 Å². The predicted octanol–water partition coefficient (Wildman–Crippen LogP) is 3.34. The van der Waals surface area contributed by atoms with E-state index in [-0.39, 0.29) is 12.0 Å². The molecular weight excluding hydrogens is 400 g/mol. The van der Waals surface area contributed by atoms with Crippen LogP contribution in [0.15, 0.2) is 60.4 Å². The molecule has 4 heterocycles. The molecule has 0 bridgehead atoms. The zero-order chi connectivity index (χ0) is 20.7. The molecule has 7 heteroatoms. The SMILES string of the molecule is O=C1C=C(N2CCC(O)CC2)CN1Cc1c(-c2ccc(Cl)cc2)nc2ccccn12. The number of halogens is 1. The van der Waals surface area contributed by atoms with Gasteiger partial charge in [0, 0.05) is 41.6 Å². The minimum Gasteiger partial charge on any atom is -0.393 e. The zero-order valence-electron chi connectivity index (χ0n) is 16.5. The number of carbonyl (C=O) groups excluding carboxylic acids is 1. The molecule has 1 saturated heterocycles. The van der Waals surface area contributed by atoms with Crippen LogP contribution in [-0.4, -0.2) is 55.9 Å². The number of piperidine rings is 1. The first-order valence-corrected chi connectivity index (χ1v) is 10.6. The number of hydrogen-bond acceptors (Lipinski definition) is 4. The molecule has 1 fully saturated rings. The van der Waals surface area contributed by atoms with Crippen LogP contribution in [0.25, 0.3) is 16.9 Å². The summed E-state index contributed by atoms with van der Waals surface area (Å²) in [6.45, 7) is 2.63. The van der Waals surface area contributed by atoms with E-state index in [4.69, 9.17) is 16.6 Å². The molecule has 2 aromatic heterocycles. The lowest BCUT2D eigenvalue weighted by atomic mass is 10.1. The minimum absolute atomic E-state index is 0.0176. The van der Waals surface area contributed by atoms with Gasteiger partial charge in [-0.2, -0.15) is 0 Å². The number of likely N-dealkylation sites (tertiary alicyclic amines) is 1. The van der Waals surface area contributed by atoms with E-state index in [1.165, 1.54) is 0 Å². The van der Waals surface area contributed by atoms with Gasteiger partial charge in [-0.15, -0.1) is 0 Å². The molecule has 30 heavy (non-hydrogen) atoms. The molecule has 1 amide bonds. The topological polar surface area (TPSA) is 61.1 Å². The van der Waals surface area contributed by atoms with Gasteiger partial charge in [-0.1, -0.05) is 29.8 Å². The molecule has 1 aromatic carbocycles. The van der Waals surface area contributed by atoms with Gasteiger partial charge < -0.3 is 19.3 Å². The summed E-state index contributed by atoms with van der Waals surface area (Å²) in [6.07, 6.45) is 5.00. The summed E-state index contributed by atoms with van der Waals surface area (Å²) in [4.78, 5) is 21.7. The number of rotatable bonds is 4. The Kier molecular flexibility index (Phi) is 4.97. The van der Waals surface area contributed by atoms with Crippen molar-refractivity contribution in [3.63, 3.8) is 0 Å². The number of aromatic nitrogens is 2. The highest BCUT2D eigenvalue weighted by Gasteiger charge is 2.29. The van der Waals surface area contributed by atoms with Gasteiger partial charge in [-0.25, -0.2) is 4.98 Å². The Morgan fingerprint density at radius 1 is 1.10 bits per heavy atom. The number of fused-ring (bicyclic) bond motifs is 1. The molecule has 1 N–H and O–H groups in total. The largest absolute Gasteiger partial charge is 0.393 e. The van der Waals surface area contributed by atoms with E-state index in [9.17, 15) is 9.90 Å². The van der Waals surface area contributed by atoms with E-state index >= 15 is 0 Å². The van der Waals surface area contributed by atoms with Crippen molar-refractivity contribution in [2.75, 3.05) is 19.6 Å². The van der Waals surface area contributed by atoms with E-state index in [0.717, 1.165) is 54.2 Å². The second-order valence-electron chi connectivity index (χ2n) is 7.89. The second-order valence-corrected chi connectivity index (χ2v) is 8.33. The first-order valence-electron chi connectivity index (χ1n) is 10.2. The lowest BCUT2D eigenvalue weighted by Gasteiger charge is -2.32. The van der Waals surface area contributed by atoms with Crippen LogP contribution >= 0.6 is 11.6 Å². The zero-order valence-corrected chi connectivity index (χ0v) is 17.3. The summed E-state index contributed by atoms with van der Waals surface area (Å²) in [6, 6.07) is 13.5. The Balaban J connectivity index is 1.43. The molecule has 0 unspecified atom stereocenters. The fourth-order valence-electron chi connectivity index (χ4n) is 4.25. The van der Waals surface area contributed by atoms with Gasteiger partial charge in [0.05, 0.1) is 30.6 Å². The van der Waals surface area contributed by atoms with Gasteiger partial charge in [-0.05, 0) is 37.1 Å². The molecule has 0 atom stereocenters. The van der Waals surface area contributed by atoms with Crippen LogP contribution in [0, 0.1) is 0 Å². The fraction of sp³-hybridized carbons (Fsp3) is 0.304. The molecule has 2 aliphatic heterocycles. The number of aliphatic hydroxyl groups is 1. The Bertz CT molecular complexity index is 1110. The van der Waals surface area contributed by atoms with Crippen LogP contribution in [0.1, 0.15) is 18.5 Å². The summed E-state index contributed by atoms with van der Waals surface area (Å²) in [5.74, 6) is 0.0176. The highest BCUT2D eigenvalue weighted by atomic mass is 35.5. The number of amides is 1. The molecule has 3 aromatic rings. The van der Waals surface area contributed by atoms with E-state index in [0.29, 0.717) is 18.1 Å². The third kappa shape index (κ3) is 3.57. The molecule has 2 aliphatic rings. The summed E-state index contributed by atoms with van der Waals surface area (Å²) in [5, 5.41) is 10.4. The van der Waals surface area contributed by atoms with Crippen molar-refractivity contribution in [3.05, 3.63) is 71.2 Å². The first kappa shape index (κ1) is 19.2. The summed E-state index contributed by atoms with van der Waals surface area (Å²) in [5.41, 5.74) is 4.70. The van der Waals surface area contributed by atoms with E-state index in [2.05, 4.69) is 4.90 Å². The molecule has 6 nitrogen and oxygen atoms in total. The summed E-state index contributed by atoms with van der Waals surface area (Å²) >= 11 is 6.07. The Hall–Kier alpha value is -2.83. The molecule has 5 rings (SSSR count). The Morgan fingerprint density at radius 3 is 2.63 bits per heavy atom. The number of imidazole rings is 1. The van der Waals surface area contributed by atoms with E-state index in [1.54, 1.807) is 6.08 Å². The van der Waals surface area contributed by atoms with Crippen LogP contribution in [0.2, 0.25) is 5.02 Å². The maximum atomic E-state index is 12.8. The van der Waals surface area contributed by atoms with Crippen LogP contribution in [0.4, 0.5) is 0 Å². The Labute approximate surface area is 180 Å². The minimum atomic E-state index is -0.227. The number of benzene rings is 1. The van der Waals surface area contributed by atoms with Crippen LogP contribution in [0.3, 0.4) is 0 Å². The van der Waals surface area contributed by atoms with Gasteiger partial charge in [-0.3, -0.25) is 4.79 Å². The highest BCUT2D eigenvalue weighted by molar-refractivity contribution is 6.30. The second kappa shape index (κ2) is 7.78. The maximum Gasteiger partial charge on any atom is 0.249 e. The molecule has 0 radical (unpaired) electrons. The Morgan fingerprint density at radius 2 is 1.87 bits per heavy atom. The molecular formula is C23H23ClN4O2. The number of hydrogen-bond donors (Lipinski definition) is 1. The fourth-order valence-corrected chi connectivity index (χ4v) is 4.37. The average Bonchev–Trinajstić information content (AvgIpc) is 3.30. The van der Waals surface area contributed by atoms with Crippen molar-refractivity contribution in [1.82, 2.24) is 19.2 Å². The number of aliphatic hydroxyl groups excluding tert-OH is 1. The number of pyridine rings is 1. The lowest BCUT2D eigenvalue weighted by Crippen LogP contribution is -2.37. The van der Waals surface area contributed by atoms with Gasteiger partial charge in [0.25, 0.3) is 0 Å². The van der Waals surface area contributed by atoms with Crippen molar-refractivity contribution in [1.29, 1.82) is 0 Å². The normalized spacial score (nSPS) is 17.8. The number of nitrogens with zero attached hydrogens (tertiary/aromatic N) is 4. The van der Waals surface area contributed by atoms with Crippen molar-refractivity contribution in [2.45, 2.75) is 25.5 Å². The first-order chi connectivity index (χ1) is 14.6. The van der Waals surface area contributed by atoms with Gasteiger partial charge in [0.1, 0.15) is 5.65 Å². The van der Waals surface area contributed by atoms with Crippen molar-refractivity contribution < 1.29 is 9.90 Å². The maximum absolute atomic E-state index is 12.8. The molecule has 0 aliphatic carbocycles. The van der Waals surface area contributed by atoms with Gasteiger partial charge >= 0.3 is 0 Å². The standard InChI is InChI=1S/C23H23ClN4O2/c24-17-6-4-16(5-7-17)23-20(28-10-2-1-3-21(28)25-23)15-27-14-18(13-22(27)30)26-11-8-19(29)9-12-26/h1-7,10,13,19,29H,8-9,11-12,14-15H2. The quantitative estimate of drug-likeness (QED) is 0.700. The van der Waals surface area contributed by atoms with Crippen LogP contribution < -0.4 is 0 Å². The molecule has 0 saturated carbocycles. The van der Waals surface area contributed by atoms with Crippen LogP contribution in [0.5, 0.6) is 0 Å². The highest BCUT2D eigenvalue weighted by Crippen LogP contribution is 2.29. The average molecular weight is 423 g/mol. The molecule has 0 spiro atoms. The summed E-state index contributed by atoms with van der Waals surface area (Å²) < 4.78 is 2.05.